The molecule has 1 saturated heterocycles. The molecule has 0 atom stereocenters. The fourth-order valence-electron chi connectivity index (χ4n) is 2.38. The van der Waals surface area contributed by atoms with Crippen LogP contribution in [-0.2, 0) is 21.2 Å². The van der Waals surface area contributed by atoms with Crippen LogP contribution in [-0.4, -0.2) is 55.1 Å². The van der Waals surface area contributed by atoms with Gasteiger partial charge in [-0.15, -0.1) is 0 Å². The van der Waals surface area contributed by atoms with E-state index in [1.807, 2.05) is 0 Å². The SMILES string of the molecule is O=C(Cc1ccccc1C(=O)O)NCCN1CCCS1(=O)=O. The van der Waals surface area contributed by atoms with Gasteiger partial charge in [-0.1, -0.05) is 18.2 Å². The number of carboxylic acids is 1. The Bertz CT molecular complexity index is 672. The summed E-state index contributed by atoms with van der Waals surface area (Å²) < 4.78 is 24.6. The molecule has 2 N–H and O–H groups in total. The molecular weight excluding hydrogens is 308 g/mol. The molecular formula is C14H18N2O5S. The van der Waals surface area contributed by atoms with Crippen LogP contribution in [0.1, 0.15) is 22.3 Å². The normalized spacial score (nSPS) is 17.3. The molecule has 120 valence electrons. The zero-order chi connectivity index (χ0) is 16.2. The molecule has 8 heteroatoms. The molecule has 1 aliphatic rings. The molecule has 7 nitrogen and oxygen atoms in total. The fraction of sp³-hybridized carbons (Fsp3) is 0.429. The van der Waals surface area contributed by atoms with Gasteiger partial charge < -0.3 is 10.4 Å². The number of sulfonamides is 1. The molecule has 1 aromatic carbocycles. The predicted octanol–water partition coefficient (Wildman–Crippen LogP) is 0.0790. The van der Waals surface area contributed by atoms with Gasteiger partial charge in [0.05, 0.1) is 17.7 Å². The summed E-state index contributed by atoms with van der Waals surface area (Å²) in [6, 6.07) is 6.31. The van der Waals surface area contributed by atoms with Crippen molar-refractivity contribution in [2.24, 2.45) is 0 Å². The van der Waals surface area contributed by atoms with Crippen molar-refractivity contribution in [3.63, 3.8) is 0 Å². The molecule has 1 heterocycles. The Morgan fingerprint density at radius 3 is 2.64 bits per heavy atom. The summed E-state index contributed by atoms with van der Waals surface area (Å²) in [7, 11) is -3.16. The Labute approximate surface area is 129 Å². The Balaban J connectivity index is 1.85. The average molecular weight is 326 g/mol. The summed E-state index contributed by atoms with van der Waals surface area (Å²) in [6.45, 7) is 0.946. The van der Waals surface area contributed by atoms with Crippen molar-refractivity contribution in [1.29, 1.82) is 0 Å². The third-order valence-electron chi connectivity index (χ3n) is 3.49. The van der Waals surface area contributed by atoms with Crippen molar-refractivity contribution in [3.8, 4) is 0 Å². The van der Waals surface area contributed by atoms with Gasteiger partial charge in [0.1, 0.15) is 0 Å². The van der Waals surface area contributed by atoms with E-state index < -0.39 is 16.0 Å². The molecule has 0 unspecified atom stereocenters. The zero-order valence-corrected chi connectivity index (χ0v) is 12.8. The molecule has 1 aromatic rings. The zero-order valence-electron chi connectivity index (χ0n) is 12.0. The van der Waals surface area contributed by atoms with Gasteiger partial charge in [-0.2, -0.15) is 0 Å². The number of nitrogens with zero attached hydrogens (tertiary/aromatic N) is 1. The first-order valence-electron chi connectivity index (χ1n) is 6.96. The van der Waals surface area contributed by atoms with Crippen LogP contribution in [0.25, 0.3) is 0 Å². The van der Waals surface area contributed by atoms with Crippen LogP contribution in [0.15, 0.2) is 24.3 Å². The van der Waals surface area contributed by atoms with E-state index in [9.17, 15) is 18.0 Å². The summed E-state index contributed by atoms with van der Waals surface area (Å²) >= 11 is 0. The third kappa shape index (κ3) is 4.05. The highest BCUT2D eigenvalue weighted by Crippen LogP contribution is 2.12. The minimum atomic E-state index is -3.16. The smallest absolute Gasteiger partial charge is 0.335 e. The molecule has 0 radical (unpaired) electrons. The van der Waals surface area contributed by atoms with Crippen molar-refractivity contribution in [1.82, 2.24) is 9.62 Å². The Hall–Kier alpha value is -1.93. The topological polar surface area (TPSA) is 104 Å². The molecule has 0 saturated carbocycles. The number of carboxylic acid groups (broad SMARTS) is 1. The molecule has 0 aliphatic carbocycles. The van der Waals surface area contributed by atoms with Gasteiger partial charge >= 0.3 is 5.97 Å². The van der Waals surface area contributed by atoms with E-state index in [2.05, 4.69) is 5.32 Å². The highest BCUT2D eigenvalue weighted by Gasteiger charge is 2.27. The minimum absolute atomic E-state index is 0.0464. The number of aromatic carboxylic acids is 1. The van der Waals surface area contributed by atoms with Crippen molar-refractivity contribution in [2.45, 2.75) is 12.8 Å². The van der Waals surface area contributed by atoms with Crippen LogP contribution in [0.5, 0.6) is 0 Å². The van der Waals surface area contributed by atoms with E-state index in [-0.39, 0.29) is 36.7 Å². The van der Waals surface area contributed by atoms with E-state index in [0.717, 1.165) is 0 Å². The quantitative estimate of drug-likeness (QED) is 0.770. The summed E-state index contributed by atoms with van der Waals surface area (Å²) in [5.74, 6) is -1.25. The number of carbonyl (C=O) groups excluding carboxylic acids is 1. The maximum absolute atomic E-state index is 11.9. The Kier molecular flexibility index (Phi) is 5.15. The van der Waals surface area contributed by atoms with Crippen LogP contribution < -0.4 is 5.32 Å². The van der Waals surface area contributed by atoms with E-state index in [0.29, 0.717) is 18.5 Å². The first kappa shape index (κ1) is 16.4. The van der Waals surface area contributed by atoms with Crippen LogP contribution in [0.4, 0.5) is 0 Å². The number of hydrogen-bond acceptors (Lipinski definition) is 4. The summed E-state index contributed by atoms with van der Waals surface area (Å²) in [5, 5.41) is 11.7. The van der Waals surface area contributed by atoms with E-state index >= 15 is 0 Å². The van der Waals surface area contributed by atoms with Gasteiger partial charge in [-0.3, -0.25) is 4.79 Å². The third-order valence-corrected chi connectivity index (χ3v) is 5.44. The second-order valence-corrected chi connectivity index (χ2v) is 7.15. The van der Waals surface area contributed by atoms with Crippen molar-refractivity contribution >= 4 is 21.9 Å². The highest BCUT2D eigenvalue weighted by molar-refractivity contribution is 7.89. The largest absolute Gasteiger partial charge is 0.478 e. The van der Waals surface area contributed by atoms with Gasteiger partial charge in [-0.25, -0.2) is 17.5 Å². The fourth-order valence-corrected chi connectivity index (χ4v) is 3.91. The number of rotatable bonds is 6. The lowest BCUT2D eigenvalue weighted by Crippen LogP contribution is -2.36. The molecule has 1 amide bonds. The minimum Gasteiger partial charge on any atom is -0.478 e. The Morgan fingerprint density at radius 2 is 2.00 bits per heavy atom. The van der Waals surface area contributed by atoms with Crippen molar-refractivity contribution < 1.29 is 23.1 Å². The lowest BCUT2D eigenvalue weighted by Gasteiger charge is -2.14. The molecule has 2 rings (SSSR count). The number of nitrogens with one attached hydrogen (secondary N) is 1. The molecule has 22 heavy (non-hydrogen) atoms. The van der Waals surface area contributed by atoms with Gasteiger partial charge in [0.25, 0.3) is 0 Å². The van der Waals surface area contributed by atoms with Crippen LogP contribution in [0.2, 0.25) is 0 Å². The van der Waals surface area contributed by atoms with E-state index in [4.69, 9.17) is 5.11 Å². The summed E-state index contributed by atoms with van der Waals surface area (Å²) in [6.07, 6.45) is 0.567. The second-order valence-electron chi connectivity index (χ2n) is 5.06. The van der Waals surface area contributed by atoms with Crippen LogP contribution >= 0.6 is 0 Å². The van der Waals surface area contributed by atoms with Crippen LogP contribution in [0.3, 0.4) is 0 Å². The second kappa shape index (κ2) is 6.89. The number of carbonyl (C=O) groups is 2. The number of amides is 1. The van der Waals surface area contributed by atoms with Gasteiger partial charge in [-0.05, 0) is 18.1 Å². The molecule has 0 spiro atoms. The Morgan fingerprint density at radius 1 is 1.27 bits per heavy atom. The lowest BCUT2D eigenvalue weighted by atomic mass is 10.0. The number of hydrogen-bond donors (Lipinski definition) is 2. The standard InChI is InChI=1S/C14H18N2O5S/c17-13(10-11-4-1-2-5-12(11)14(18)19)15-6-8-16-7-3-9-22(16,20)21/h1-2,4-5H,3,6-10H2,(H,15,17)(H,18,19). The summed E-state index contributed by atoms with van der Waals surface area (Å²) in [5.41, 5.74) is 0.529. The number of benzene rings is 1. The maximum Gasteiger partial charge on any atom is 0.335 e. The maximum atomic E-state index is 11.9. The van der Waals surface area contributed by atoms with E-state index in [1.54, 1.807) is 18.2 Å². The predicted molar refractivity (Wildman–Crippen MR) is 80.1 cm³/mol. The van der Waals surface area contributed by atoms with Crippen molar-refractivity contribution in [2.75, 3.05) is 25.4 Å². The lowest BCUT2D eigenvalue weighted by molar-refractivity contribution is -0.120. The monoisotopic (exact) mass is 326 g/mol. The van der Waals surface area contributed by atoms with Crippen molar-refractivity contribution in [3.05, 3.63) is 35.4 Å². The molecule has 0 aromatic heterocycles. The van der Waals surface area contributed by atoms with Gasteiger partial charge in [0.2, 0.25) is 15.9 Å². The molecule has 0 bridgehead atoms. The average Bonchev–Trinajstić information content (AvgIpc) is 2.78. The van der Waals surface area contributed by atoms with Crippen LogP contribution in [0, 0.1) is 0 Å². The van der Waals surface area contributed by atoms with Gasteiger partial charge in [0.15, 0.2) is 0 Å². The van der Waals surface area contributed by atoms with Gasteiger partial charge in [0, 0.05) is 19.6 Å². The first-order valence-corrected chi connectivity index (χ1v) is 8.57. The van der Waals surface area contributed by atoms with E-state index in [1.165, 1.54) is 10.4 Å². The molecule has 1 fully saturated rings. The molecule has 1 aliphatic heterocycles. The highest BCUT2D eigenvalue weighted by atomic mass is 32.2. The summed E-state index contributed by atoms with van der Waals surface area (Å²) in [4.78, 5) is 22.9. The first-order chi connectivity index (χ1) is 10.4.